The van der Waals surface area contributed by atoms with Crippen LogP contribution in [0.4, 0.5) is 0 Å². The molecule has 0 aromatic rings. The van der Waals surface area contributed by atoms with Crippen molar-refractivity contribution in [2.24, 2.45) is 17.6 Å². The van der Waals surface area contributed by atoms with E-state index in [1.165, 1.54) is 0 Å². The molecule has 0 aliphatic heterocycles. The molecule has 4 nitrogen and oxygen atoms in total. The lowest BCUT2D eigenvalue weighted by molar-refractivity contribution is -0.135. The lowest BCUT2D eigenvalue weighted by atomic mass is 9.81. The number of hydrogen-bond acceptors (Lipinski definition) is 3. The molecule has 1 saturated carbocycles. The Morgan fingerprint density at radius 3 is 2.22 bits per heavy atom. The highest BCUT2D eigenvalue weighted by Crippen LogP contribution is 2.29. The van der Waals surface area contributed by atoms with Crippen molar-refractivity contribution in [3.8, 4) is 0 Å². The number of carbonyl (C=O) groups is 1. The summed E-state index contributed by atoms with van der Waals surface area (Å²) in [5.41, 5.74) is 5.68. The van der Waals surface area contributed by atoms with E-state index in [1.807, 2.05) is 11.9 Å². The van der Waals surface area contributed by atoms with E-state index < -0.39 is 0 Å². The molecule has 1 fully saturated rings. The summed E-state index contributed by atoms with van der Waals surface area (Å²) in [4.78, 5) is 16.3. The van der Waals surface area contributed by atoms with E-state index in [0.29, 0.717) is 11.8 Å². The summed E-state index contributed by atoms with van der Waals surface area (Å²) in [6.45, 7) is 2.69. The molecule has 4 heteroatoms. The minimum absolute atomic E-state index is 0.247. The lowest BCUT2D eigenvalue weighted by Gasteiger charge is -2.30. The molecule has 1 rings (SSSR count). The molecule has 0 unspecified atom stereocenters. The van der Waals surface area contributed by atoms with Crippen LogP contribution in [0.15, 0.2) is 0 Å². The number of hydrogen-bond donors (Lipinski definition) is 1. The Morgan fingerprint density at radius 1 is 1.11 bits per heavy atom. The van der Waals surface area contributed by atoms with Crippen molar-refractivity contribution in [3.05, 3.63) is 0 Å². The molecule has 0 saturated heterocycles. The van der Waals surface area contributed by atoms with Crippen LogP contribution in [0.5, 0.6) is 0 Å². The summed E-state index contributed by atoms with van der Waals surface area (Å²) in [5.74, 6) is 1.23. The lowest BCUT2D eigenvalue weighted by Crippen LogP contribution is -2.37. The zero-order valence-electron chi connectivity index (χ0n) is 12.2. The molecule has 1 aliphatic carbocycles. The van der Waals surface area contributed by atoms with Gasteiger partial charge in [0.2, 0.25) is 5.91 Å². The van der Waals surface area contributed by atoms with Crippen molar-refractivity contribution < 1.29 is 4.79 Å². The highest BCUT2D eigenvalue weighted by Gasteiger charge is 2.27. The monoisotopic (exact) mass is 255 g/mol. The van der Waals surface area contributed by atoms with Gasteiger partial charge in [0.25, 0.3) is 0 Å². The van der Waals surface area contributed by atoms with Gasteiger partial charge in [0, 0.05) is 19.5 Å². The third-order valence-electron chi connectivity index (χ3n) is 4.00. The summed E-state index contributed by atoms with van der Waals surface area (Å²) in [5, 5.41) is 0. The topological polar surface area (TPSA) is 49.6 Å². The first-order valence-corrected chi connectivity index (χ1v) is 7.14. The third-order valence-corrected chi connectivity index (χ3v) is 4.00. The van der Waals surface area contributed by atoms with Crippen LogP contribution in [0, 0.1) is 11.8 Å². The van der Waals surface area contributed by atoms with Crippen molar-refractivity contribution >= 4 is 5.91 Å². The van der Waals surface area contributed by atoms with Gasteiger partial charge in [-0.25, -0.2) is 0 Å². The average Bonchev–Trinajstić information content (AvgIpc) is 2.37. The van der Waals surface area contributed by atoms with E-state index in [4.69, 9.17) is 5.73 Å². The fourth-order valence-electron chi connectivity index (χ4n) is 2.69. The van der Waals surface area contributed by atoms with Crippen molar-refractivity contribution in [2.45, 2.75) is 32.1 Å². The van der Waals surface area contributed by atoms with Gasteiger partial charge in [0.15, 0.2) is 0 Å². The molecular formula is C14H29N3O. The van der Waals surface area contributed by atoms with Crippen molar-refractivity contribution in [2.75, 3.05) is 40.8 Å². The first-order chi connectivity index (χ1) is 8.54. The number of rotatable bonds is 6. The summed E-state index contributed by atoms with van der Waals surface area (Å²) in [7, 11) is 6.07. The second-order valence-electron chi connectivity index (χ2n) is 5.87. The second kappa shape index (κ2) is 7.74. The molecule has 106 valence electrons. The van der Waals surface area contributed by atoms with E-state index in [-0.39, 0.29) is 5.92 Å². The minimum atomic E-state index is 0.247. The van der Waals surface area contributed by atoms with Crippen LogP contribution in [0.1, 0.15) is 32.1 Å². The van der Waals surface area contributed by atoms with Gasteiger partial charge in [-0.2, -0.15) is 0 Å². The largest absolute Gasteiger partial charge is 0.345 e. The van der Waals surface area contributed by atoms with E-state index in [9.17, 15) is 4.79 Å². The predicted octanol–water partition coefficient (Wildman–Crippen LogP) is 1.16. The third kappa shape index (κ3) is 4.94. The SMILES string of the molecule is CN(C)CCCN(C)C(=O)C1CCC(CN)CC1. The van der Waals surface area contributed by atoms with Crippen LogP contribution < -0.4 is 5.73 Å². The summed E-state index contributed by atoms with van der Waals surface area (Å²) in [6.07, 6.45) is 5.35. The fourth-order valence-corrected chi connectivity index (χ4v) is 2.69. The van der Waals surface area contributed by atoms with Crippen LogP contribution in [-0.2, 0) is 4.79 Å². The molecule has 2 N–H and O–H groups in total. The molecule has 1 aliphatic rings. The normalized spacial score (nSPS) is 24.3. The molecule has 0 bridgehead atoms. The highest BCUT2D eigenvalue weighted by atomic mass is 16.2. The zero-order valence-corrected chi connectivity index (χ0v) is 12.2. The van der Waals surface area contributed by atoms with Gasteiger partial charge >= 0.3 is 0 Å². The molecule has 0 aromatic carbocycles. The molecule has 18 heavy (non-hydrogen) atoms. The quantitative estimate of drug-likeness (QED) is 0.775. The molecule has 0 spiro atoms. The maximum atomic E-state index is 12.2. The summed E-state index contributed by atoms with van der Waals surface area (Å²) >= 11 is 0. The summed E-state index contributed by atoms with van der Waals surface area (Å²) < 4.78 is 0. The highest BCUT2D eigenvalue weighted by molar-refractivity contribution is 5.78. The Labute approximate surface area is 111 Å². The Bertz CT molecular complexity index is 247. The first-order valence-electron chi connectivity index (χ1n) is 7.14. The van der Waals surface area contributed by atoms with Crippen molar-refractivity contribution in [1.82, 2.24) is 9.80 Å². The van der Waals surface area contributed by atoms with Crippen LogP contribution in [0.3, 0.4) is 0 Å². The van der Waals surface area contributed by atoms with Crippen molar-refractivity contribution in [3.63, 3.8) is 0 Å². The smallest absolute Gasteiger partial charge is 0.225 e. The molecule has 0 aromatic heterocycles. The van der Waals surface area contributed by atoms with Crippen LogP contribution in [0.25, 0.3) is 0 Å². The van der Waals surface area contributed by atoms with Gasteiger partial charge in [-0.1, -0.05) is 0 Å². The van der Waals surface area contributed by atoms with E-state index in [2.05, 4.69) is 19.0 Å². The number of amides is 1. The van der Waals surface area contributed by atoms with Gasteiger partial charge in [-0.05, 0) is 65.2 Å². The number of carbonyl (C=O) groups excluding carboxylic acids is 1. The van der Waals surface area contributed by atoms with Crippen molar-refractivity contribution in [1.29, 1.82) is 0 Å². The number of nitrogens with two attached hydrogens (primary N) is 1. The van der Waals surface area contributed by atoms with Gasteiger partial charge < -0.3 is 15.5 Å². The van der Waals surface area contributed by atoms with Gasteiger partial charge in [0.1, 0.15) is 0 Å². The summed E-state index contributed by atoms with van der Waals surface area (Å²) in [6, 6.07) is 0. The molecule has 0 heterocycles. The Hall–Kier alpha value is -0.610. The van der Waals surface area contributed by atoms with Gasteiger partial charge in [-0.15, -0.1) is 0 Å². The first kappa shape index (κ1) is 15.4. The van der Waals surface area contributed by atoms with E-state index in [1.54, 1.807) is 0 Å². The second-order valence-corrected chi connectivity index (χ2v) is 5.87. The van der Waals surface area contributed by atoms with E-state index >= 15 is 0 Å². The maximum Gasteiger partial charge on any atom is 0.225 e. The zero-order chi connectivity index (χ0) is 13.5. The molecule has 1 amide bonds. The minimum Gasteiger partial charge on any atom is -0.345 e. The average molecular weight is 255 g/mol. The standard InChI is InChI=1S/C14H29N3O/c1-16(2)9-4-10-17(3)14(18)13-7-5-12(11-15)6-8-13/h12-13H,4-11,15H2,1-3H3. The molecular weight excluding hydrogens is 226 g/mol. The van der Waals surface area contributed by atoms with E-state index in [0.717, 1.165) is 51.7 Å². The van der Waals surface area contributed by atoms with Gasteiger partial charge in [-0.3, -0.25) is 4.79 Å². The number of nitrogens with zero attached hydrogens (tertiary/aromatic N) is 2. The van der Waals surface area contributed by atoms with Gasteiger partial charge in [0.05, 0.1) is 0 Å². The predicted molar refractivity (Wildman–Crippen MR) is 75.3 cm³/mol. The van der Waals surface area contributed by atoms with Crippen LogP contribution >= 0.6 is 0 Å². The molecule has 0 atom stereocenters. The Morgan fingerprint density at radius 2 is 1.72 bits per heavy atom. The van der Waals surface area contributed by atoms with Crippen LogP contribution in [-0.4, -0.2) is 56.5 Å². The Balaban J connectivity index is 2.26. The fraction of sp³-hybridized carbons (Fsp3) is 0.929. The maximum absolute atomic E-state index is 12.2. The van der Waals surface area contributed by atoms with Crippen LogP contribution in [0.2, 0.25) is 0 Å². The Kier molecular flexibility index (Phi) is 6.65. The molecule has 0 radical (unpaired) electrons.